The highest BCUT2D eigenvalue weighted by Gasteiger charge is 2.06. The molecular weight excluding hydrogens is 290 g/mol. The third kappa shape index (κ3) is 7.88. The van der Waals surface area contributed by atoms with Crippen molar-refractivity contribution < 1.29 is 9.47 Å². The summed E-state index contributed by atoms with van der Waals surface area (Å²) in [5.74, 6) is 1.83. The van der Waals surface area contributed by atoms with Crippen LogP contribution < -0.4 is 10.1 Å². The molecule has 0 saturated heterocycles. The Morgan fingerprint density at radius 1 is 1.17 bits per heavy atom. The normalized spacial score (nSPS) is 11.4. The molecule has 5 nitrogen and oxygen atoms in total. The second kappa shape index (κ2) is 11.8. The van der Waals surface area contributed by atoms with Crippen LogP contribution in [-0.4, -0.2) is 51.3 Å². The molecule has 23 heavy (non-hydrogen) atoms. The summed E-state index contributed by atoms with van der Waals surface area (Å²) in [6.45, 7) is 8.23. The molecule has 0 aromatic heterocycles. The molecule has 5 heteroatoms. The zero-order chi connectivity index (χ0) is 16.9. The van der Waals surface area contributed by atoms with Crippen molar-refractivity contribution in [3.05, 3.63) is 29.8 Å². The van der Waals surface area contributed by atoms with Crippen LogP contribution in [0, 0.1) is 0 Å². The second-order valence-electron chi connectivity index (χ2n) is 5.34. The van der Waals surface area contributed by atoms with E-state index < -0.39 is 0 Å². The maximum Gasteiger partial charge on any atom is 0.193 e. The fourth-order valence-electron chi connectivity index (χ4n) is 2.19. The summed E-state index contributed by atoms with van der Waals surface area (Å²) in [5, 5.41) is 3.35. The van der Waals surface area contributed by atoms with E-state index >= 15 is 0 Å². The first kappa shape index (κ1) is 19.3. The van der Waals surface area contributed by atoms with E-state index in [9.17, 15) is 0 Å². The average Bonchev–Trinajstić information content (AvgIpc) is 2.57. The lowest BCUT2D eigenvalue weighted by atomic mass is 10.2. The van der Waals surface area contributed by atoms with Crippen molar-refractivity contribution in [2.24, 2.45) is 4.99 Å². The molecule has 130 valence electrons. The molecule has 0 aliphatic rings. The average molecular weight is 321 g/mol. The van der Waals surface area contributed by atoms with Gasteiger partial charge < -0.3 is 19.7 Å². The first-order chi connectivity index (χ1) is 11.2. The van der Waals surface area contributed by atoms with Crippen molar-refractivity contribution in [1.29, 1.82) is 0 Å². The molecule has 0 unspecified atom stereocenters. The Bertz CT molecular complexity index is 446. The number of ether oxygens (including phenoxy) is 2. The van der Waals surface area contributed by atoms with Gasteiger partial charge in [-0.25, -0.2) is 0 Å². The second-order valence-corrected chi connectivity index (χ2v) is 5.34. The highest BCUT2D eigenvalue weighted by Crippen LogP contribution is 2.12. The van der Waals surface area contributed by atoms with Crippen LogP contribution in [0.4, 0.5) is 0 Å². The number of guanidine groups is 1. The van der Waals surface area contributed by atoms with E-state index in [-0.39, 0.29) is 0 Å². The quantitative estimate of drug-likeness (QED) is 0.409. The number of methoxy groups -OCH3 is 1. The van der Waals surface area contributed by atoms with Gasteiger partial charge >= 0.3 is 0 Å². The van der Waals surface area contributed by atoms with Gasteiger partial charge in [0.05, 0.1) is 7.11 Å². The van der Waals surface area contributed by atoms with Crippen LogP contribution in [0.1, 0.15) is 32.3 Å². The Morgan fingerprint density at radius 3 is 2.52 bits per heavy atom. The third-order valence-corrected chi connectivity index (χ3v) is 3.44. The lowest BCUT2D eigenvalue weighted by Gasteiger charge is -2.22. The van der Waals surface area contributed by atoms with Gasteiger partial charge in [-0.1, -0.05) is 12.1 Å². The van der Waals surface area contributed by atoms with Crippen molar-refractivity contribution in [3.8, 4) is 5.75 Å². The molecule has 0 radical (unpaired) electrons. The number of hydrogen-bond donors (Lipinski definition) is 1. The molecule has 0 aliphatic carbocycles. The molecule has 0 aliphatic heterocycles. The van der Waals surface area contributed by atoms with Gasteiger partial charge in [-0.05, 0) is 44.4 Å². The van der Waals surface area contributed by atoms with Gasteiger partial charge in [-0.2, -0.15) is 0 Å². The fourth-order valence-corrected chi connectivity index (χ4v) is 2.19. The summed E-state index contributed by atoms with van der Waals surface area (Å²) < 4.78 is 10.5. The summed E-state index contributed by atoms with van der Waals surface area (Å²) in [6, 6.07) is 8.14. The number of benzene rings is 1. The Hall–Kier alpha value is -1.75. The number of nitrogens with zero attached hydrogens (tertiary/aromatic N) is 2. The highest BCUT2D eigenvalue weighted by atomic mass is 16.5. The summed E-state index contributed by atoms with van der Waals surface area (Å²) in [5.41, 5.74) is 1.23. The summed E-state index contributed by atoms with van der Waals surface area (Å²) in [4.78, 5) is 6.84. The molecule has 1 aromatic rings. The van der Waals surface area contributed by atoms with Gasteiger partial charge in [0.1, 0.15) is 5.75 Å². The Labute approximate surface area is 140 Å². The van der Waals surface area contributed by atoms with Gasteiger partial charge in [0.25, 0.3) is 0 Å². The van der Waals surface area contributed by atoms with Crippen molar-refractivity contribution in [2.45, 2.75) is 33.2 Å². The fraction of sp³-hybridized carbons (Fsp3) is 0.611. The Morgan fingerprint density at radius 2 is 1.91 bits per heavy atom. The number of rotatable bonds is 10. The van der Waals surface area contributed by atoms with Crippen molar-refractivity contribution in [2.75, 3.05) is 40.5 Å². The first-order valence-electron chi connectivity index (χ1n) is 8.41. The van der Waals surface area contributed by atoms with E-state index in [1.54, 1.807) is 7.11 Å². The zero-order valence-electron chi connectivity index (χ0n) is 15.0. The maximum atomic E-state index is 5.35. The summed E-state index contributed by atoms with van der Waals surface area (Å²) in [6.07, 6.45) is 2.10. The van der Waals surface area contributed by atoms with Crippen molar-refractivity contribution >= 4 is 5.96 Å². The standard InChI is InChI=1S/C18H31N3O2/c1-5-19-18(20-13-7-8-14-23-6-2)21(3)15-16-9-11-17(22-4)12-10-16/h9-12H,5-8,13-15H2,1-4H3,(H,19,20). The molecule has 1 rings (SSSR count). The minimum Gasteiger partial charge on any atom is -0.497 e. The lowest BCUT2D eigenvalue weighted by Crippen LogP contribution is -2.38. The van der Waals surface area contributed by atoms with E-state index in [1.807, 2.05) is 19.1 Å². The van der Waals surface area contributed by atoms with Crippen molar-refractivity contribution in [3.63, 3.8) is 0 Å². The number of aliphatic imine (C=N–C) groups is 1. The number of unbranched alkanes of at least 4 members (excludes halogenated alkanes) is 1. The smallest absolute Gasteiger partial charge is 0.193 e. The van der Waals surface area contributed by atoms with Gasteiger partial charge in [-0.3, -0.25) is 4.99 Å². The van der Waals surface area contributed by atoms with E-state index in [4.69, 9.17) is 14.5 Å². The third-order valence-electron chi connectivity index (χ3n) is 3.44. The molecule has 1 N–H and O–H groups in total. The van der Waals surface area contributed by atoms with Crippen LogP contribution in [0.2, 0.25) is 0 Å². The van der Waals surface area contributed by atoms with Gasteiger partial charge in [0, 0.05) is 39.9 Å². The predicted molar refractivity (Wildman–Crippen MR) is 96.2 cm³/mol. The molecule has 0 bridgehead atoms. The van der Waals surface area contributed by atoms with Crippen LogP contribution in [0.15, 0.2) is 29.3 Å². The minimum atomic E-state index is 0.788. The van der Waals surface area contributed by atoms with Crippen LogP contribution in [-0.2, 0) is 11.3 Å². The Kier molecular flexibility index (Phi) is 9.87. The van der Waals surface area contributed by atoms with Gasteiger partial charge in [0.15, 0.2) is 5.96 Å². The molecule has 0 saturated carbocycles. The summed E-state index contributed by atoms with van der Waals surface area (Å²) >= 11 is 0. The molecular formula is C18H31N3O2. The molecule has 0 heterocycles. The molecule has 0 amide bonds. The molecule has 0 fully saturated rings. The van der Waals surface area contributed by atoms with Crippen molar-refractivity contribution in [1.82, 2.24) is 10.2 Å². The van der Waals surface area contributed by atoms with Gasteiger partial charge in [-0.15, -0.1) is 0 Å². The molecule has 0 spiro atoms. The zero-order valence-corrected chi connectivity index (χ0v) is 15.0. The summed E-state index contributed by atoms with van der Waals surface area (Å²) in [7, 11) is 3.74. The monoisotopic (exact) mass is 321 g/mol. The number of nitrogens with one attached hydrogen (secondary N) is 1. The number of hydrogen-bond acceptors (Lipinski definition) is 3. The van der Waals surface area contributed by atoms with Crippen LogP contribution >= 0.6 is 0 Å². The lowest BCUT2D eigenvalue weighted by molar-refractivity contribution is 0.144. The SMILES string of the molecule is CCNC(=NCCCCOCC)N(C)Cc1ccc(OC)cc1. The van der Waals surface area contributed by atoms with Crippen LogP contribution in [0.5, 0.6) is 5.75 Å². The van der Waals surface area contributed by atoms with E-state index in [0.717, 1.165) is 57.4 Å². The largest absolute Gasteiger partial charge is 0.497 e. The van der Waals surface area contributed by atoms with E-state index in [0.29, 0.717) is 0 Å². The predicted octanol–water partition coefficient (Wildman–Crippen LogP) is 2.91. The maximum absolute atomic E-state index is 5.35. The van der Waals surface area contributed by atoms with Crippen LogP contribution in [0.3, 0.4) is 0 Å². The first-order valence-corrected chi connectivity index (χ1v) is 8.41. The molecule has 1 aromatic carbocycles. The van der Waals surface area contributed by atoms with Gasteiger partial charge in [0.2, 0.25) is 0 Å². The Balaban J connectivity index is 2.49. The minimum absolute atomic E-state index is 0.788. The van der Waals surface area contributed by atoms with Crippen LogP contribution in [0.25, 0.3) is 0 Å². The van der Waals surface area contributed by atoms with E-state index in [2.05, 4.69) is 36.3 Å². The highest BCUT2D eigenvalue weighted by molar-refractivity contribution is 5.79. The topological polar surface area (TPSA) is 46.1 Å². The van der Waals surface area contributed by atoms with E-state index in [1.165, 1.54) is 5.56 Å². The molecule has 0 atom stereocenters.